The topological polar surface area (TPSA) is 51.4 Å². The van der Waals surface area contributed by atoms with Crippen LogP contribution in [0.25, 0.3) is 0 Å². The molecule has 0 radical (unpaired) electrons. The van der Waals surface area contributed by atoms with E-state index in [-0.39, 0.29) is 5.04 Å². The van der Waals surface area contributed by atoms with Crippen molar-refractivity contribution in [2.45, 2.75) is 64.3 Å². The summed E-state index contributed by atoms with van der Waals surface area (Å²) in [6.07, 6.45) is 4.25. The van der Waals surface area contributed by atoms with Crippen LogP contribution in [0.5, 0.6) is 0 Å². The van der Waals surface area contributed by atoms with E-state index in [1.54, 1.807) is 0 Å². The summed E-state index contributed by atoms with van der Waals surface area (Å²) in [4.78, 5) is 6.73. The van der Waals surface area contributed by atoms with Gasteiger partial charge in [0.2, 0.25) is 0 Å². The van der Waals surface area contributed by atoms with Crippen molar-refractivity contribution in [2.75, 3.05) is 23.7 Å². The molecule has 3 rings (SSSR count). The van der Waals surface area contributed by atoms with Crippen LogP contribution in [0.2, 0.25) is 18.1 Å². The second-order valence-electron chi connectivity index (χ2n) is 9.49. The number of hydrogen-bond donors (Lipinski definition) is 1. The molecule has 1 aromatic heterocycles. The summed E-state index contributed by atoms with van der Waals surface area (Å²) in [5.41, 5.74) is 9.59. The van der Waals surface area contributed by atoms with E-state index < -0.39 is 8.32 Å². The van der Waals surface area contributed by atoms with Crippen molar-refractivity contribution in [2.24, 2.45) is 0 Å². The molecule has 5 heteroatoms. The molecule has 2 heterocycles. The van der Waals surface area contributed by atoms with Crippen LogP contribution in [-0.2, 0) is 11.0 Å². The number of hydrogen-bond acceptors (Lipinski definition) is 4. The van der Waals surface area contributed by atoms with Gasteiger partial charge in [-0.05, 0) is 66.2 Å². The molecule has 1 aliphatic rings. The van der Waals surface area contributed by atoms with Gasteiger partial charge in [0.15, 0.2) is 8.32 Å². The second-order valence-corrected chi connectivity index (χ2v) is 14.3. The fourth-order valence-electron chi connectivity index (χ4n) is 3.41. The van der Waals surface area contributed by atoms with E-state index in [1.807, 2.05) is 12.3 Å². The predicted molar refractivity (Wildman–Crippen MR) is 121 cm³/mol. The lowest BCUT2D eigenvalue weighted by atomic mass is 9.90. The smallest absolute Gasteiger partial charge is 0.192 e. The van der Waals surface area contributed by atoms with Crippen LogP contribution in [0.4, 0.5) is 11.5 Å². The summed E-state index contributed by atoms with van der Waals surface area (Å²) in [6, 6.07) is 13.0. The molecular formula is C23H35N3OSi. The zero-order valence-electron chi connectivity index (χ0n) is 18.0. The number of nitrogens with zero attached hydrogens (tertiary/aromatic N) is 2. The van der Waals surface area contributed by atoms with Crippen molar-refractivity contribution in [1.82, 2.24) is 4.98 Å². The first-order chi connectivity index (χ1) is 13.2. The standard InChI is InChI=1S/C23H35N3OSi/c1-23(2,3)28(4,5)27-17-18-6-9-21(10-7-18)26-14-12-19(13-15-26)20-8-11-22(24)25-16-20/h6-11,16,19H,12-15,17H2,1-5H3,(H2,24,25). The third kappa shape index (κ3) is 4.95. The molecule has 1 fully saturated rings. The van der Waals surface area contributed by atoms with Crippen LogP contribution in [0.15, 0.2) is 42.6 Å². The molecule has 0 atom stereocenters. The Balaban J connectivity index is 1.54. The van der Waals surface area contributed by atoms with Gasteiger partial charge in [-0.15, -0.1) is 0 Å². The predicted octanol–water partition coefficient (Wildman–Crippen LogP) is 5.57. The Kier molecular flexibility index (Phi) is 6.15. The monoisotopic (exact) mass is 397 g/mol. The number of aromatic nitrogens is 1. The fraction of sp³-hybridized carbons (Fsp3) is 0.522. The van der Waals surface area contributed by atoms with E-state index in [2.05, 4.69) is 74.1 Å². The number of rotatable bonds is 5. The highest BCUT2D eigenvalue weighted by molar-refractivity contribution is 6.74. The lowest BCUT2D eigenvalue weighted by molar-refractivity contribution is 0.276. The van der Waals surface area contributed by atoms with Crippen LogP contribution in [-0.4, -0.2) is 26.4 Å². The van der Waals surface area contributed by atoms with Crippen LogP contribution < -0.4 is 10.6 Å². The zero-order valence-corrected chi connectivity index (χ0v) is 19.0. The maximum Gasteiger partial charge on any atom is 0.192 e. The Morgan fingerprint density at radius 2 is 1.71 bits per heavy atom. The van der Waals surface area contributed by atoms with Crippen molar-refractivity contribution in [3.8, 4) is 0 Å². The molecule has 1 aliphatic heterocycles. The van der Waals surface area contributed by atoms with Crippen molar-refractivity contribution in [3.05, 3.63) is 53.7 Å². The van der Waals surface area contributed by atoms with Gasteiger partial charge in [-0.25, -0.2) is 4.98 Å². The van der Waals surface area contributed by atoms with Gasteiger partial charge in [0, 0.05) is 25.0 Å². The molecule has 0 saturated carbocycles. The van der Waals surface area contributed by atoms with Crippen LogP contribution >= 0.6 is 0 Å². The molecule has 0 spiro atoms. The number of piperidine rings is 1. The Hall–Kier alpha value is -1.85. The number of nitrogens with two attached hydrogens (primary N) is 1. The zero-order chi connectivity index (χ0) is 20.4. The molecule has 28 heavy (non-hydrogen) atoms. The largest absolute Gasteiger partial charge is 0.413 e. The number of benzene rings is 1. The van der Waals surface area contributed by atoms with Crippen molar-refractivity contribution in [1.29, 1.82) is 0 Å². The molecule has 1 aromatic carbocycles. The van der Waals surface area contributed by atoms with Gasteiger partial charge in [0.1, 0.15) is 5.82 Å². The minimum atomic E-state index is -1.70. The highest BCUT2D eigenvalue weighted by Gasteiger charge is 2.37. The fourth-order valence-corrected chi connectivity index (χ4v) is 4.37. The van der Waals surface area contributed by atoms with Gasteiger partial charge in [-0.3, -0.25) is 0 Å². The van der Waals surface area contributed by atoms with E-state index in [1.165, 1.54) is 16.8 Å². The van der Waals surface area contributed by atoms with E-state index in [4.69, 9.17) is 10.2 Å². The summed E-state index contributed by atoms with van der Waals surface area (Å²) < 4.78 is 6.35. The molecule has 0 aliphatic carbocycles. The van der Waals surface area contributed by atoms with Crippen molar-refractivity contribution >= 4 is 19.8 Å². The number of nitrogen functional groups attached to an aromatic ring is 1. The van der Waals surface area contributed by atoms with Crippen molar-refractivity contribution in [3.63, 3.8) is 0 Å². The summed E-state index contributed by atoms with van der Waals surface area (Å²) in [6.45, 7) is 14.3. The van der Waals surface area contributed by atoms with Crippen LogP contribution in [0.1, 0.15) is 50.7 Å². The molecule has 0 unspecified atom stereocenters. The van der Waals surface area contributed by atoms with E-state index >= 15 is 0 Å². The highest BCUT2D eigenvalue weighted by Crippen LogP contribution is 2.37. The second kappa shape index (κ2) is 8.25. The minimum Gasteiger partial charge on any atom is -0.413 e. The third-order valence-corrected chi connectivity index (χ3v) is 11.0. The number of pyridine rings is 1. The summed E-state index contributed by atoms with van der Waals surface area (Å²) in [5.74, 6) is 1.18. The molecular weight excluding hydrogens is 362 g/mol. The first kappa shape index (κ1) is 20.9. The van der Waals surface area contributed by atoms with Crippen molar-refractivity contribution < 1.29 is 4.43 Å². The average Bonchev–Trinajstić information content (AvgIpc) is 2.67. The Morgan fingerprint density at radius 3 is 2.25 bits per heavy atom. The average molecular weight is 398 g/mol. The van der Waals surface area contributed by atoms with E-state index in [9.17, 15) is 0 Å². The SMILES string of the molecule is CC(C)(C)[Si](C)(C)OCc1ccc(N2CCC(c3ccc(N)nc3)CC2)cc1. The molecule has 4 nitrogen and oxygen atoms in total. The third-order valence-electron chi connectivity index (χ3n) is 6.48. The maximum atomic E-state index is 6.35. The summed E-state index contributed by atoms with van der Waals surface area (Å²) in [7, 11) is -1.70. The molecule has 0 bridgehead atoms. The van der Waals surface area contributed by atoms with Gasteiger partial charge in [-0.1, -0.05) is 39.0 Å². The van der Waals surface area contributed by atoms with Gasteiger partial charge in [-0.2, -0.15) is 0 Å². The van der Waals surface area contributed by atoms with Gasteiger partial charge >= 0.3 is 0 Å². The van der Waals surface area contributed by atoms with E-state index in [0.29, 0.717) is 18.3 Å². The molecule has 2 aromatic rings. The van der Waals surface area contributed by atoms with Gasteiger partial charge in [0.25, 0.3) is 0 Å². The summed E-state index contributed by atoms with van der Waals surface area (Å²) >= 11 is 0. The Labute approximate surface area is 171 Å². The Bertz CT molecular complexity index is 758. The Morgan fingerprint density at radius 1 is 1.07 bits per heavy atom. The first-order valence-electron chi connectivity index (χ1n) is 10.3. The lowest BCUT2D eigenvalue weighted by Crippen LogP contribution is -2.40. The van der Waals surface area contributed by atoms with Gasteiger partial charge in [0.05, 0.1) is 6.61 Å². The van der Waals surface area contributed by atoms with Crippen LogP contribution in [0, 0.1) is 0 Å². The lowest BCUT2D eigenvalue weighted by Gasteiger charge is -2.36. The minimum absolute atomic E-state index is 0.247. The molecule has 0 amide bonds. The molecule has 1 saturated heterocycles. The maximum absolute atomic E-state index is 6.35. The molecule has 152 valence electrons. The van der Waals surface area contributed by atoms with Crippen LogP contribution in [0.3, 0.4) is 0 Å². The number of anilines is 2. The van der Waals surface area contributed by atoms with E-state index in [0.717, 1.165) is 25.9 Å². The highest BCUT2D eigenvalue weighted by atomic mass is 28.4. The normalized spacial score (nSPS) is 16.4. The summed E-state index contributed by atoms with van der Waals surface area (Å²) in [5, 5.41) is 0.247. The quantitative estimate of drug-likeness (QED) is 0.670. The first-order valence-corrected chi connectivity index (χ1v) is 13.3. The van der Waals surface area contributed by atoms with Gasteiger partial charge < -0.3 is 15.1 Å². The molecule has 2 N–H and O–H groups in total.